The third-order valence-corrected chi connectivity index (χ3v) is 14.9. The number of alkyl halides is 3. The van der Waals surface area contributed by atoms with Gasteiger partial charge in [0.2, 0.25) is 23.6 Å². The van der Waals surface area contributed by atoms with Crippen molar-refractivity contribution in [2.24, 2.45) is 5.41 Å². The van der Waals surface area contributed by atoms with Crippen molar-refractivity contribution in [2.75, 3.05) is 76.6 Å². The summed E-state index contributed by atoms with van der Waals surface area (Å²) in [4.78, 5) is 71.4. The molecule has 5 N–H and O–H groups in total. The molecule has 23 heteroatoms. The molecular weight excluding hydrogens is 1060 g/mol. The number of fused-ring (bicyclic) bond motifs is 2. The molecule has 0 aliphatic carbocycles. The predicted molar refractivity (Wildman–Crippen MR) is 295 cm³/mol. The second-order valence-corrected chi connectivity index (χ2v) is 21.6. The molecule has 0 saturated carbocycles. The summed E-state index contributed by atoms with van der Waals surface area (Å²) in [7, 11) is 0. The van der Waals surface area contributed by atoms with Crippen LogP contribution in [0.1, 0.15) is 69.0 Å². The van der Waals surface area contributed by atoms with E-state index in [1.54, 1.807) is 27.8 Å². The summed E-state index contributed by atoms with van der Waals surface area (Å²) in [5, 5.41) is 17.2. The standard InChI is InChI=1S/C57H68F3N9O10S/c1-35(38-9-11-39(12-10-38)50-36(2)64-34-80-50)65-54(73)46-30-42(70)31-69(46)55(74)51(56(3,4)5)66-47(71)16-19-75-21-23-77-25-26-78-24-22-76-20-18-67-32-44(49-52(61)62-33-63-53(49)67)40-13-14-45-41(29-40)15-17-68(45)48(72)28-37-7-6-8-43(27-37)79-57(58,59)60/h6-14,27,29,32-35,42,46,51,70H,15-26,28,30-31H2,1-5H3,(H,65,73)(H,66,71)(H2,61,62,63)/t35?,42-,46+,51?/m1/s1. The number of β-amino-alcohol motifs (C(OH)–C–C–N with tert-alkyl or cyclic N) is 1. The van der Waals surface area contributed by atoms with E-state index in [1.165, 1.54) is 29.4 Å². The van der Waals surface area contributed by atoms with Gasteiger partial charge < -0.3 is 59.5 Å². The van der Waals surface area contributed by atoms with Crippen LogP contribution in [0, 0.1) is 12.3 Å². The molecule has 1 saturated heterocycles. The number of nitrogen functional groups attached to an aromatic ring is 1. The average Bonchev–Trinajstić information content (AvgIpc) is 4.22. The van der Waals surface area contributed by atoms with Crippen molar-refractivity contribution in [1.29, 1.82) is 0 Å². The van der Waals surface area contributed by atoms with Crippen molar-refractivity contribution in [1.82, 2.24) is 35.1 Å². The number of anilines is 2. The first-order chi connectivity index (χ1) is 38.2. The van der Waals surface area contributed by atoms with E-state index in [9.17, 15) is 37.5 Å². The highest BCUT2D eigenvalue weighted by Crippen LogP contribution is 2.38. The zero-order valence-corrected chi connectivity index (χ0v) is 46.2. The van der Waals surface area contributed by atoms with Gasteiger partial charge in [0.25, 0.3) is 0 Å². The number of hydrogen-bond acceptors (Lipinski definition) is 15. The third kappa shape index (κ3) is 15.2. The van der Waals surface area contributed by atoms with Crippen LogP contribution in [0.3, 0.4) is 0 Å². The zero-order chi connectivity index (χ0) is 57.1. The Morgan fingerprint density at radius 3 is 2.23 bits per heavy atom. The number of benzene rings is 3. The van der Waals surface area contributed by atoms with Crippen LogP contribution in [-0.2, 0) is 57.5 Å². The molecule has 0 spiro atoms. The van der Waals surface area contributed by atoms with E-state index in [1.807, 2.05) is 87.8 Å². The number of thiazole rings is 1. The van der Waals surface area contributed by atoms with Crippen molar-refractivity contribution in [3.05, 3.63) is 107 Å². The molecule has 2 aliphatic heterocycles. The SMILES string of the molecule is Cc1ncsc1-c1ccc(C(C)NC(=O)[C@@H]2C[C@@H](O)CN2C(=O)C(NC(=O)CCOCCOCCOCCOCCn2cc(-c3ccc4c(c3)CCN4C(=O)Cc3cccc(OC(F)(F)F)c3)c3c(N)ncnc32)C(C)(C)C)cc1. The number of halogens is 3. The van der Waals surface area contributed by atoms with Crippen molar-refractivity contribution in [3.63, 3.8) is 0 Å². The number of hydrogen-bond donors (Lipinski definition) is 4. The summed E-state index contributed by atoms with van der Waals surface area (Å²) in [5.74, 6) is -1.52. The maximum Gasteiger partial charge on any atom is 0.573 e. The maximum atomic E-state index is 14.1. The van der Waals surface area contributed by atoms with Gasteiger partial charge in [-0.05, 0) is 77.8 Å². The number of amides is 4. The first-order valence-corrected chi connectivity index (χ1v) is 27.4. The molecule has 428 valence electrons. The molecular formula is C57H68F3N9O10S. The Labute approximate surface area is 465 Å². The highest BCUT2D eigenvalue weighted by molar-refractivity contribution is 7.13. The van der Waals surface area contributed by atoms with Gasteiger partial charge in [-0.2, -0.15) is 0 Å². The van der Waals surface area contributed by atoms with E-state index in [2.05, 4.69) is 30.3 Å². The number of aliphatic hydroxyl groups excluding tert-OH is 1. The van der Waals surface area contributed by atoms with Crippen LogP contribution >= 0.6 is 11.3 Å². The van der Waals surface area contributed by atoms with Crippen LogP contribution in [0.5, 0.6) is 5.75 Å². The number of nitrogens with two attached hydrogens (primary N) is 1. The van der Waals surface area contributed by atoms with E-state index >= 15 is 0 Å². The highest BCUT2D eigenvalue weighted by atomic mass is 32.1. The number of carbonyl (C=O) groups is 4. The van der Waals surface area contributed by atoms with Crippen molar-refractivity contribution in [3.8, 4) is 27.3 Å². The van der Waals surface area contributed by atoms with E-state index in [0.29, 0.717) is 75.0 Å². The number of nitrogens with zero attached hydrogens (tertiary/aromatic N) is 6. The minimum atomic E-state index is -4.83. The lowest BCUT2D eigenvalue weighted by Crippen LogP contribution is -2.58. The molecule has 3 aromatic carbocycles. The number of aromatic nitrogens is 4. The molecule has 8 rings (SSSR count). The third-order valence-electron chi connectivity index (χ3n) is 13.9. The fourth-order valence-electron chi connectivity index (χ4n) is 9.83. The largest absolute Gasteiger partial charge is 0.573 e. The predicted octanol–water partition coefficient (Wildman–Crippen LogP) is 6.97. The van der Waals surface area contributed by atoms with E-state index in [-0.39, 0.29) is 75.1 Å². The lowest BCUT2D eigenvalue weighted by molar-refractivity contribution is -0.274. The number of carbonyl (C=O) groups excluding carboxylic acids is 4. The van der Waals surface area contributed by atoms with Gasteiger partial charge in [0.05, 0.1) is 92.9 Å². The van der Waals surface area contributed by atoms with Gasteiger partial charge in [-0.15, -0.1) is 24.5 Å². The maximum absolute atomic E-state index is 14.1. The summed E-state index contributed by atoms with van der Waals surface area (Å²) in [6, 6.07) is 16.8. The Bertz CT molecular complexity index is 3110. The Balaban J connectivity index is 0.704. The molecule has 80 heavy (non-hydrogen) atoms. The number of aliphatic hydroxyl groups is 1. The molecule has 4 amide bonds. The molecule has 4 atom stereocenters. The average molecular weight is 1130 g/mol. The van der Waals surface area contributed by atoms with Gasteiger partial charge in [-0.25, -0.2) is 15.0 Å². The Hall–Kier alpha value is -7.02. The van der Waals surface area contributed by atoms with Crippen molar-refractivity contribution < 1.29 is 61.1 Å². The Morgan fingerprint density at radius 1 is 0.863 bits per heavy atom. The summed E-state index contributed by atoms with van der Waals surface area (Å²) >= 11 is 1.56. The number of likely N-dealkylation sites (tertiary alicyclic amines) is 1. The number of nitrogens with one attached hydrogen (secondary N) is 2. The van der Waals surface area contributed by atoms with Crippen LogP contribution in [0.2, 0.25) is 0 Å². The van der Waals surface area contributed by atoms with Gasteiger partial charge in [0, 0.05) is 49.9 Å². The summed E-state index contributed by atoms with van der Waals surface area (Å²) in [5.41, 5.74) is 14.8. The monoisotopic (exact) mass is 1130 g/mol. The molecule has 1 fully saturated rings. The Kier molecular flexibility index (Phi) is 19.6. The topological polar surface area (TPSA) is 235 Å². The van der Waals surface area contributed by atoms with Gasteiger partial charge in [0.1, 0.15) is 35.6 Å². The van der Waals surface area contributed by atoms with Crippen LogP contribution < -0.4 is 26.0 Å². The normalized spacial score (nSPS) is 16.2. The summed E-state index contributed by atoms with van der Waals surface area (Å²) in [6.07, 6.45) is -1.80. The fraction of sp³-hybridized carbons (Fsp3) is 0.456. The number of aryl methyl sites for hydroxylation is 1. The first-order valence-electron chi connectivity index (χ1n) is 26.5. The van der Waals surface area contributed by atoms with Crippen molar-refractivity contribution >= 4 is 57.5 Å². The highest BCUT2D eigenvalue weighted by Gasteiger charge is 2.45. The zero-order valence-electron chi connectivity index (χ0n) is 45.4. The molecule has 19 nitrogen and oxygen atoms in total. The quantitative estimate of drug-likeness (QED) is 0.0424. The second-order valence-electron chi connectivity index (χ2n) is 20.8. The minimum absolute atomic E-state index is 0.00388. The van der Waals surface area contributed by atoms with Gasteiger partial charge in [-0.3, -0.25) is 19.2 Å². The molecule has 2 aliphatic rings. The van der Waals surface area contributed by atoms with Crippen LogP contribution in [0.15, 0.2) is 84.8 Å². The van der Waals surface area contributed by atoms with E-state index in [4.69, 9.17) is 24.7 Å². The van der Waals surface area contributed by atoms with Crippen LogP contribution in [0.4, 0.5) is 24.7 Å². The van der Waals surface area contributed by atoms with E-state index in [0.717, 1.165) is 44.1 Å². The van der Waals surface area contributed by atoms with Crippen LogP contribution in [0.25, 0.3) is 32.6 Å². The first kappa shape index (κ1) is 59.1. The van der Waals surface area contributed by atoms with Crippen molar-refractivity contribution in [2.45, 2.75) is 97.4 Å². The molecule has 0 bridgehead atoms. The van der Waals surface area contributed by atoms with Gasteiger partial charge in [-0.1, -0.05) is 63.2 Å². The second kappa shape index (κ2) is 26.5. The Morgan fingerprint density at radius 2 is 1.55 bits per heavy atom. The fourth-order valence-corrected chi connectivity index (χ4v) is 10.6. The summed E-state index contributed by atoms with van der Waals surface area (Å²) in [6.45, 7) is 12.5. The number of rotatable bonds is 25. The molecule has 2 unspecified atom stereocenters. The van der Waals surface area contributed by atoms with E-state index < -0.39 is 35.9 Å². The molecule has 0 radical (unpaired) electrons. The van der Waals surface area contributed by atoms with Gasteiger partial charge >= 0.3 is 6.36 Å². The number of ether oxygens (including phenoxy) is 5. The molecule has 3 aromatic heterocycles. The lowest BCUT2D eigenvalue weighted by atomic mass is 9.85. The summed E-state index contributed by atoms with van der Waals surface area (Å²) < 4.78 is 67.1. The lowest BCUT2D eigenvalue weighted by Gasteiger charge is -2.35. The molecule has 6 aromatic rings. The van der Waals surface area contributed by atoms with Crippen LogP contribution in [-0.4, -0.2) is 144 Å². The minimum Gasteiger partial charge on any atom is -0.406 e. The molecule has 5 heterocycles. The smallest absolute Gasteiger partial charge is 0.406 e. The van der Waals surface area contributed by atoms with Gasteiger partial charge in [0.15, 0.2) is 0 Å².